The molecule has 3 atom stereocenters. The first-order chi connectivity index (χ1) is 9.70. The Kier molecular flexibility index (Phi) is 3.72. The van der Waals surface area contributed by atoms with Crippen molar-refractivity contribution in [1.29, 1.82) is 0 Å². The molecule has 5 heteroatoms. The number of piperidine rings is 1. The Morgan fingerprint density at radius 1 is 1.55 bits per heavy atom. The fraction of sp³-hybridized carbons (Fsp3) is 0.600. The Morgan fingerprint density at radius 3 is 3.20 bits per heavy atom. The molecule has 108 valence electrons. The molecule has 1 aromatic rings. The number of amides is 1. The molecule has 2 saturated heterocycles. The third-order valence-corrected chi connectivity index (χ3v) is 4.50. The zero-order chi connectivity index (χ0) is 14.0. The normalized spacial score (nSPS) is 33.2. The quantitative estimate of drug-likeness (QED) is 0.860. The third kappa shape index (κ3) is 2.55. The summed E-state index contributed by atoms with van der Waals surface area (Å²) in [5, 5.41) is 6.26. The predicted octanol–water partition coefficient (Wildman–Crippen LogP) is 1.57. The lowest BCUT2D eigenvalue weighted by Gasteiger charge is -2.39. The fourth-order valence-corrected chi connectivity index (χ4v) is 3.22. The van der Waals surface area contributed by atoms with Gasteiger partial charge in [0.2, 0.25) is 0 Å². The van der Waals surface area contributed by atoms with Crippen molar-refractivity contribution in [3.63, 3.8) is 0 Å². The lowest BCUT2D eigenvalue weighted by molar-refractivity contribution is -0.138. The summed E-state index contributed by atoms with van der Waals surface area (Å²) in [5.41, 5.74) is 0.614. The van der Waals surface area contributed by atoms with Gasteiger partial charge in [-0.15, -0.1) is 0 Å². The minimum atomic E-state index is -0.337. The van der Waals surface area contributed by atoms with Crippen molar-refractivity contribution in [3.8, 4) is 0 Å². The zero-order valence-corrected chi connectivity index (χ0v) is 11.8. The molecule has 2 aliphatic rings. The summed E-state index contributed by atoms with van der Waals surface area (Å²) in [6, 6.07) is 3.64. The van der Waals surface area contributed by atoms with Crippen LogP contribution in [0.1, 0.15) is 26.2 Å². The molecule has 2 fully saturated rings. The Morgan fingerprint density at radius 2 is 2.45 bits per heavy atom. The molecule has 0 aliphatic carbocycles. The number of nitrogens with one attached hydrogen (secondary N) is 2. The van der Waals surface area contributed by atoms with Gasteiger partial charge in [0.15, 0.2) is 0 Å². The van der Waals surface area contributed by atoms with Crippen molar-refractivity contribution in [1.82, 2.24) is 10.3 Å². The van der Waals surface area contributed by atoms with E-state index in [1.54, 1.807) is 12.4 Å². The Labute approximate surface area is 119 Å². The van der Waals surface area contributed by atoms with Gasteiger partial charge in [0.25, 0.3) is 5.91 Å². The molecule has 3 rings (SSSR count). The number of hydrogen-bond acceptors (Lipinski definition) is 4. The smallest absolute Gasteiger partial charge is 0.253 e. The average Bonchev–Trinajstić information content (AvgIpc) is 2.89. The molecule has 2 aliphatic heterocycles. The van der Waals surface area contributed by atoms with Gasteiger partial charge in [0.1, 0.15) is 6.10 Å². The molecule has 0 unspecified atom stereocenters. The van der Waals surface area contributed by atoms with Crippen LogP contribution >= 0.6 is 0 Å². The number of pyridine rings is 1. The van der Waals surface area contributed by atoms with E-state index >= 15 is 0 Å². The molecule has 20 heavy (non-hydrogen) atoms. The van der Waals surface area contributed by atoms with Crippen LogP contribution in [0.25, 0.3) is 0 Å². The van der Waals surface area contributed by atoms with Crippen molar-refractivity contribution in [3.05, 3.63) is 24.5 Å². The highest BCUT2D eigenvalue weighted by Gasteiger charge is 2.47. The van der Waals surface area contributed by atoms with Crippen LogP contribution in [0.5, 0.6) is 0 Å². The van der Waals surface area contributed by atoms with Crippen LogP contribution in [0.2, 0.25) is 0 Å². The fourth-order valence-electron chi connectivity index (χ4n) is 3.22. The van der Waals surface area contributed by atoms with Crippen LogP contribution < -0.4 is 10.6 Å². The van der Waals surface area contributed by atoms with Crippen LogP contribution in [0.15, 0.2) is 24.5 Å². The molecule has 0 aromatic carbocycles. The topological polar surface area (TPSA) is 63.2 Å². The van der Waals surface area contributed by atoms with E-state index in [9.17, 15) is 4.79 Å². The van der Waals surface area contributed by atoms with E-state index in [4.69, 9.17) is 4.74 Å². The highest BCUT2D eigenvalue weighted by Crippen LogP contribution is 2.40. The van der Waals surface area contributed by atoms with Gasteiger partial charge in [-0.25, -0.2) is 0 Å². The number of carbonyl (C=O) groups is 1. The third-order valence-electron chi connectivity index (χ3n) is 4.50. The van der Waals surface area contributed by atoms with E-state index in [1.165, 1.54) is 0 Å². The minimum absolute atomic E-state index is 0.0550. The molecule has 5 nitrogen and oxygen atoms in total. The first-order valence-electron chi connectivity index (χ1n) is 7.29. The first-order valence-corrected chi connectivity index (χ1v) is 7.29. The number of ether oxygens (including phenoxy) is 1. The highest BCUT2D eigenvalue weighted by molar-refractivity contribution is 5.94. The van der Waals surface area contributed by atoms with Gasteiger partial charge in [0.05, 0.1) is 17.5 Å². The van der Waals surface area contributed by atoms with Gasteiger partial charge in [-0.05, 0) is 43.9 Å². The van der Waals surface area contributed by atoms with Crippen molar-refractivity contribution < 1.29 is 9.53 Å². The molecule has 2 N–H and O–H groups in total. The summed E-state index contributed by atoms with van der Waals surface area (Å²) >= 11 is 0. The van der Waals surface area contributed by atoms with Crippen molar-refractivity contribution >= 4 is 11.6 Å². The van der Waals surface area contributed by atoms with Crippen LogP contribution in [0.3, 0.4) is 0 Å². The molecule has 0 saturated carbocycles. The highest BCUT2D eigenvalue weighted by atomic mass is 16.5. The van der Waals surface area contributed by atoms with E-state index < -0.39 is 0 Å². The number of rotatable bonds is 2. The second-order valence-corrected chi connectivity index (χ2v) is 5.80. The molecule has 0 radical (unpaired) electrons. The number of hydrogen-bond donors (Lipinski definition) is 2. The molecule has 1 spiro atoms. The second-order valence-electron chi connectivity index (χ2n) is 5.80. The standard InChI is InChI=1S/C15H21N3O2/c1-11-9-17-8-6-15(11)5-4-13(20-15)14(19)18-12-3-2-7-16-10-12/h2-3,7,10-11,13,17H,4-6,8-9H2,1H3,(H,18,19)/t11-,13-,15+/m0/s1. The van der Waals surface area contributed by atoms with Gasteiger partial charge in [-0.2, -0.15) is 0 Å². The van der Waals surface area contributed by atoms with E-state index in [0.29, 0.717) is 5.92 Å². The number of carbonyl (C=O) groups excluding carboxylic acids is 1. The summed E-state index contributed by atoms with van der Waals surface area (Å²) in [7, 11) is 0. The molecular formula is C15H21N3O2. The van der Waals surface area contributed by atoms with E-state index in [1.807, 2.05) is 12.1 Å². The van der Waals surface area contributed by atoms with Gasteiger partial charge in [-0.1, -0.05) is 6.92 Å². The lowest BCUT2D eigenvalue weighted by Crippen LogP contribution is -2.49. The summed E-state index contributed by atoms with van der Waals surface area (Å²) in [6.45, 7) is 4.14. The Bertz CT molecular complexity index is 479. The molecule has 1 aromatic heterocycles. The van der Waals surface area contributed by atoms with Crippen molar-refractivity contribution in [2.45, 2.75) is 37.9 Å². The Hall–Kier alpha value is -1.46. The molecular weight excluding hydrogens is 254 g/mol. The number of nitrogens with zero attached hydrogens (tertiary/aromatic N) is 1. The molecule has 3 heterocycles. The lowest BCUT2D eigenvalue weighted by atomic mass is 9.81. The maximum Gasteiger partial charge on any atom is 0.253 e. The Balaban J connectivity index is 1.63. The van der Waals surface area contributed by atoms with Gasteiger partial charge in [-0.3, -0.25) is 9.78 Å². The SMILES string of the molecule is C[C@H]1CNCC[C@]12CC[C@@H](C(=O)Nc1cccnc1)O2. The van der Waals surface area contributed by atoms with Gasteiger partial charge < -0.3 is 15.4 Å². The van der Waals surface area contributed by atoms with Gasteiger partial charge >= 0.3 is 0 Å². The van der Waals surface area contributed by atoms with E-state index in [-0.39, 0.29) is 17.6 Å². The molecule has 1 amide bonds. The predicted molar refractivity (Wildman–Crippen MR) is 76.4 cm³/mol. The van der Waals surface area contributed by atoms with Crippen LogP contribution in [-0.4, -0.2) is 35.7 Å². The number of anilines is 1. The van der Waals surface area contributed by atoms with E-state index in [0.717, 1.165) is 38.0 Å². The largest absolute Gasteiger partial charge is 0.362 e. The average molecular weight is 275 g/mol. The van der Waals surface area contributed by atoms with Crippen LogP contribution in [-0.2, 0) is 9.53 Å². The number of aromatic nitrogens is 1. The summed E-state index contributed by atoms with van der Waals surface area (Å²) in [5.74, 6) is 0.396. The zero-order valence-electron chi connectivity index (χ0n) is 11.8. The monoisotopic (exact) mass is 275 g/mol. The first kappa shape index (κ1) is 13.5. The maximum absolute atomic E-state index is 12.3. The van der Waals surface area contributed by atoms with E-state index in [2.05, 4.69) is 22.5 Å². The minimum Gasteiger partial charge on any atom is -0.362 e. The van der Waals surface area contributed by atoms with Crippen molar-refractivity contribution in [2.75, 3.05) is 18.4 Å². The molecule has 0 bridgehead atoms. The van der Waals surface area contributed by atoms with Crippen LogP contribution in [0.4, 0.5) is 5.69 Å². The van der Waals surface area contributed by atoms with Crippen molar-refractivity contribution in [2.24, 2.45) is 5.92 Å². The van der Waals surface area contributed by atoms with Gasteiger partial charge in [0, 0.05) is 12.7 Å². The summed E-state index contributed by atoms with van der Waals surface area (Å²) in [4.78, 5) is 16.3. The summed E-state index contributed by atoms with van der Waals surface area (Å²) in [6.07, 6.45) is 5.77. The van der Waals surface area contributed by atoms with Crippen LogP contribution in [0, 0.1) is 5.92 Å². The second kappa shape index (κ2) is 5.50. The summed E-state index contributed by atoms with van der Waals surface area (Å²) < 4.78 is 6.16. The maximum atomic E-state index is 12.3.